The summed E-state index contributed by atoms with van der Waals surface area (Å²) >= 11 is 5.78. The zero-order valence-electron chi connectivity index (χ0n) is 16.3. The fraction of sp³-hybridized carbons (Fsp3) is 0.111. The smallest absolute Gasteiger partial charge is 0.142 e. The van der Waals surface area contributed by atoms with E-state index >= 15 is 0 Å². The summed E-state index contributed by atoms with van der Waals surface area (Å²) in [6.07, 6.45) is 1.02. The lowest BCUT2D eigenvalue weighted by atomic mass is 9.92. The van der Waals surface area contributed by atoms with Crippen LogP contribution in [-0.2, 0) is 6.42 Å². The molecular formula is C27H22ClF. The van der Waals surface area contributed by atoms with Crippen LogP contribution in [0.5, 0.6) is 0 Å². The lowest BCUT2D eigenvalue weighted by molar-refractivity contribution is 0.629. The largest absolute Gasteiger partial charge is 0.205 e. The number of halogens is 2. The number of hydrogen-bond acceptors (Lipinski definition) is 0. The van der Waals surface area contributed by atoms with Gasteiger partial charge in [0, 0.05) is 0 Å². The van der Waals surface area contributed by atoms with Crippen LogP contribution in [0.15, 0.2) is 97.1 Å². The minimum atomic E-state index is -0.395. The first-order valence-corrected chi connectivity index (χ1v) is 10.2. The van der Waals surface area contributed by atoms with Gasteiger partial charge in [-0.25, -0.2) is 4.39 Å². The predicted octanol–water partition coefficient (Wildman–Crippen LogP) is 8.16. The third kappa shape index (κ3) is 4.58. The van der Waals surface area contributed by atoms with E-state index < -0.39 is 5.82 Å². The van der Waals surface area contributed by atoms with Crippen molar-refractivity contribution in [2.75, 3.05) is 0 Å². The van der Waals surface area contributed by atoms with Crippen molar-refractivity contribution in [3.05, 3.63) is 119 Å². The van der Waals surface area contributed by atoms with E-state index in [1.165, 1.54) is 22.8 Å². The molecule has 0 fully saturated rings. The fourth-order valence-corrected chi connectivity index (χ4v) is 3.73. The molecule has 0 saturated carbocycles. The molecule has 144 valence electrons. The number of hydrogen-bond donors (Lipinski definition) is 0. The van der Waals surface area contributed by atoms with Gasteiger partial charge in [0.1, 0.15) is 5.82 Å². The molecule has 0 radical (unpaired) electrons. The second kappa shape index (κ2) is 8.63. The minimum Gasteiger partial charge on any atom is -0.205 e. The Kier molecular flexibility index (Phi) is 5.78. The zero-order chi connectivity index (χ0) is 20.2. The minimum absolute atomic E-state index is 0.145. The molecule has 0 aliphatic heterocycles. The quantitative estimate of drug-likeness (QED) is 0.317. The Hall–Kier alpha value is -2.90. The summed E-state index contributed by atoms with van der Waals surface area (Å²) in [7, 11) is 0. The molecule has 4 rings (SSSR count). The molecule has 4 aromatic carbocycles. The molecule has 0 nitrogen and oxygen atoms in total. The molecular weight excluding hydrogens is 379 g/mol. The van der Waals surface area contributed by atoms with Crippen LogP contribution < -0.4 is 0 Å². The Morgan fingerprint density at radius 1 is 0.690 bits per heavy atom. The van der Waals surface area contributed by atoms with Crippen molar-refractivity contribution in [2.24, 2.45) is 0 Å². The first kappa shape index (κ1) is 19.4. The molecule has 29 heavy (non-hydrogen) atoms. The average Bonchev–Trinajstić information content (AvgIpc) is 2.77. The highest BCUT2D eigenvalue weighted by atomic mass is 35.5. The van der Waals surface area contributed by atoms with Gasteiger partial charge in [-0.3, -0.25) is 0 Å². The first-order chi connectivity index (χ1) is 14.1. The van der Waals surface area contributed by atoms with E-state index in [0.717, 1.165) is 23.1 Å². The van der Waals surface area contributed by atoms with Crippen molar-refractivity contribution in [3.8, 4) is 22.3 Å². The van der Waals surface area contributed by atoms with Crippen molar-refractivity contribution in [1.29, 1.82) is 0 Å². The SMILES string of the molecule is C[C@@H](Cc1ccc(-c2ccc(-c3ccc(Cl)c(F)c3)cc2)cc1)c1ccccc1. The Bertz CT molecular complexity index is 1080. The predicted molar refractivity (Wildman–Crippen MR) is 121 cm³/mol. The summed E-state index contributed by atoms with van der Waals surface area (Å²) in [5.74, 6) is 0.0923. The summed E-state index contributed by atoms with van der Waals surface area (Å²) in [5.41, 5.74) is 6.81. The third-order valence-corrected chi connectivity index (χ3v) is 5.64. The highest BCUT2D eigenvalue weighted by Crippen LogP contribution is 2.28. The first-order valence-electron chi connectivity index (χ1n) is 9.80. The van der Waals surface area contributed by atoms with Crippen molar-refractivity contribution < 1.29 is 4.39 Å². The number of rotatable bonds is 5. The molecule has 0 heterocycles. The molecule has 0 aliphatic rings. The van der Waals surface area contributed by atoms with E-state index in [1.807, 2.05) is 18.2 Å². The molecule has 0 N–H and O–H groups in total. The van der Waals surface area contributed by atoms with Crippen molar-refractivity contribution in [3.63, 3.8) is 0 Å². The second-order valence-electron chi connectivity index (χ2n) is 7.42. The molecule has 1 atom stereocenters. The Labute approximate surface area is 176 Å². The van der Waals surface area contributed by atoms with E-state index in [2.05, 4.69) is 73.7 Å². The van der Waals surface area contributed by atoms with Crippen molar-refractivity contribution >= 4 is 11.6 Å². The Morgan fingerprint density at radius 2 is 1.21 bits per heavy atom. The maximum atomic E-state index is 13.7. The van der Waals surface area contributed by atoms with Gasteiger partial charge in [0.2, 0.25) is 0 Å². The highest BCUT2D eigenvalue weighted by Gasteiger charge is 2.07. The molecule has 0 aliphatic carbocycles. The summed E-state index contributed by atoms with van der Waals surface area (Å²) in [4.78, 5) is 0. The van der Waals surface area contributed by atoms with Crippen molar-refractivity contribution in [2.45, 2.75) is 19.3 Å². The van der Waals surface area contributed by atoms with Crippen LogP contribution in [0.4, 0.5) is 4.39 Å². The fourth-order valence-electron chi connectivity index (χ4n) is 3.62. The topological polar surface area (TPSA) is 0 Å². The summed E-state index contributed by atoms with van der Waals surface area (Å²) in [5, 5.41) is 0.145. The molecule has 4 aromatic rings. The van der Waals surface area contributed by atoms with Gasteiger partial charge in [0.05, 0.1) is 5.02 Å². The maximum absolute atomic E-state index is 13.7. The van der Waals surface area contributed by atoms with Gasteiger partial charge in [0.15, 0.2) is 0 Å². The Morgan fingerprint density at radius 3 is 1.79 bits per heavy atom. The van der Waals surface area contributed by atoms with Crippen LogP contribution in [0.25, 0.3) is 22.3 Å². The Balaban J connectivity index is 1.48. The van der Waals surface area contributed by atoms with Crippen LogP contribution >= 0.6 is 11.6 Å². The lowest BCUT2D eigenvalue weighted by Crippen LogP contribution is -1.98. The summed E-state index contributed by atoms with van der Waals surface area (Å²) in [6.45, 7) is 2.27. The van der Waals surface area contributed by atoms with Crippen LogP contribution in [0.1, 0.15) is 24.0 Å². The summed E-state index contributed by atoms with van der Waals surface area (Å²) < 4.78 is 13.7. The second-order valence-corrected chi connectivity index (χ2v) is 7.83. The van der Waals surface area contributed by atoms with Gasteiger partial charge >= 0.3 is 0 Å². The summed E-state index contributed by atoms with van der Waals surface area (Å²) in [6, 6.07) is 32.5. The molecule has 0 bridgehead atoms. The van der Waals surface area contributed by atoms with E-state index in [0.29, 0.717) is 5.92 Å². The van der Waals surface area contributed by atoms with Gasteiger partial charge in [0.25, 0.3) is 0 Å². The third-order valence-electron chi connectivity index (χ3n) is 5.34. The molecule has 0 amide bonds. The normalized spacial score (nSPS) is 12.0. The van der Waals surface area contributed by atoms with Gasteiger partial charge in [-0.15, -0.1) is 0 Å². The maximum Gasteiger partial charge on any atom is 0.142 e. The number of benzene rings is 4. The van der Waals surface area contributed by atoms with Gasteiger partial charge < -0.3 is 0 Å². The standard InChI is InChI=1S/C27H22ClF/c1-19(21-5-3-2-4-6-21)17-20-7-9-22(10-8-20)23-11-13-24(14-12-23)25-15-16-26(28)27(29)18-25/h2-16,18-19H,17H2,1H3/t19-/m0/s1. The van der Waals surface area contributed by atoms with Crippen LogP contribution in [0.2, 0.25) is 5.02 Å². The van der Waals surface area contributed by atoms with Crippen LogP contribution in [0.3, 0.4) is 0 Å². The van der Waals surface area contributed by atoms with Gasteiger partial charge in [-0.1, -0.05) is 103 Å². The average molecular weight is 401 g/mol. The molecule has 0 aromatic heterocycles. The van der Waals surface area contributed by atoms with Crippen LogP contribution in [-0.4, -0.2) is 0 Å². The van der Waals surface area contributed by atoms with E-state index in [-0.39, 0.29) is 5.02 Å². The lowest BCUT2D eigenvalue weighted by Gasteiger charge is -2.12. The molecule has 2 heteroatoms. The highest BCUT2D eigenvalue weighted by molar-refractivity contribution is 6.30. The van der Waals surface area contributed by atoms with Gasteiger partial charge in [-0.2, -0.15) is 0 Å². The van der Waals surface area contributed by atoms with Gasteiger partial charge in [-0.05, 0) is 57.9 Å². The molecule has 0 spiro atoms. The van der Waals surface area contributed by atoms with E-state index in [4.69, 9.17) is 11.6 Å². The van der Waals surface area contributed by atoms with Crippen LogP contribution in [0, 0.1) is 5.82 Å². The zero-order valence-corrected chi connectivity index (χ0v) is 17.0. The molecule has 0 unspecified atom stereocenters. The van der Waals surface area contributed by atoms with E-state index in [9.17, 15) is 4.39 Å². The van der Waals surface area contributed by atoms with Crippen molar-refractivity contribution in [1.82, 2.24) is 0 Å². The monoisotopic (exact) mass is 400 g/mol. The van der Waals surface area contributed by atoms with E-state index in [1.54, 1.807) is 6.07 Å². The molecule has 0 saturated heterocycles.